The van der Waals surface area contributed by atoms with Gasteiger partial charge in [0.1, 0.15) is 5.82 Å². The molecule has 0 aliphatic heterocycles. The summed E-state index contributed by atoms with van der Waals surface area (Å²) in [7, 11) is 0. The van der Waals surface area contributed by atoms with Gasteiger partial charge in [-0.3, -0.25) is 4.79 Å². The van der Waals surface area contributed by atoms with E-state index in [1.807, 2.05) is 38.1 Å². The summed E-state index contributed by atoms with van der Waals surface area (Å²) < 4.78 is 13.5. The second-order valence-corrected chi connectivity index (χ2v) is 5.29. The summed E-state index contributed by atoms with van der Waals surface area (Å²) in [5.74, 6) is -0.316. The SMILES string of the molecule is Cc1ccc([C@H](C)NC(=O)CCc2ccccc2F)cc1. The molecule has 1 atom stereocenters. The van der Waals surface area contributed by atoms with Crippen LogP contribution < -0.4 is 5.32 Å². The Kier molecular flexibility index (Phi) is 5.09. The van der Waals surface area contributed by atoms with Gasteiger partial charge in [0, 0.05) is 6.42 Å². The second kappa shape index (κ2) is 7.02. The van der Waals surface area contributed by atoms with Gasteiger partial charge in [-0.05, 0) is 37.5 Å². The molecule has 2 rings (SSSR count). The number of nitrogens with one attached hydrogen (secondary N) is 1. The highest BCUT2D eigenvalue weighted by molar-refractivity contribution is 5.76. The van der Waals surface area contributed by atoms with Crippen LogP contribution in [-0.2, 0) is 11.2 Å². The number of halogens is 1. The third-order valence-corrected chi connectivity index (χ3v) is 3.53. The first kappa shape index (κ1) is 15.2. The smallest absolute Gasteiger partial charge is 0.220 e. The van der Waals surface area contributed by atoms with Crippen LogP contribution in [0.2, 0.25) is 0 Å². The van der Waals surface area contributed by atoms with Crippen molar-refractivity contribution in [1.29, 1.82) is 0 Å². The Bertz CT molecular complexity index is 607. The fourth-order valence-corrected chi connectivity index (χ4v) is 2.20. The molecular weight excluding hydrogens is 265 g/mol. The summed E-state index contributed by atoms with van der Waals surface area (Å²) in [6, 6.07) is 14.6. The predicted octanol–water partition coefficient (Wildman–Crippen LogP) is 3.94. The van der Waals surface area contributed by atoms with Crippen LogP contribution in [0.15, 0.2) is 48.5 Å². The lowest BCUT2D eigenvalue weighted by molar-refractivity contribution is -0.121. The summed E-state index contributed by atoms with van der Waals surface area (Å²) in [4.78, 5) is 11.9. The normalized spacial score (nSPS) is 12.0. The molecule has 0 saturated carbocycles. The molecule has 0 aliphatic carbocycles. The van der Waals surface area contributed by atoms with Crippen molar-refractivity contribution in [3.63, 3.8) is 0 Å². The summed E-state index contributed by atoms with van der Waals surface area (Å²) >= 11 is 0. The minimum Gasteiger partial charge on any atom is -0.350 e. The monoisotopic (exact) mass is 285 g/mol. The van der Waals surface area contributed by atoms with Gasteiger partial charge in [-0.25, -0.2) is 4.39 Å². The van der Waals surface area contributed by atoms with E-state index in [2.05, 4.69) is 5.32 Å². The van der Waals surface area contributed by atoms with Gasteiger partial charge in [-0.1, -0.05) is 48.0 Å². The van der Waals surface area contributed by atoms with E-state index in [0.29, 0.717) is 12.0 Å². The van der Waals surface area contributed by atoms with E-state index in [1.165, 1.54) is 11.6 Å². The zero-order valence-corrected chi connectivity index (χ0v) is 12.4. The lowest BCUT2D eigenvalue weighted by Gasteiger charge is -2.14. The molecule has 2 aromatic rings. The minimum atomic E-state index is -0.253. The molecule has 1 N–H and O–H groups in total. The van der Waals surface area contributed by atoms with E-state index >= 15 is 0 Å². The first-order valence-electron chi connectivity index (χ1n) is 7.15. The molecule has 0 fully saturated rings. The average Bonchev–Trinajstić information content (AvgIpc) is 2.47. The molecule has 0 aromatic heterocycles. The lowest BCUT2D eigenvalue weighted by atomic mass is 10.1. The van der Waals surface area contributed by atoms with E-state index in [0.717, 1.165) is 5.56 Å². The fraction of sp³-hybridized carbons (Fsp3) is 0.278. The molecule has 0 spiro atoms. The van der Waals surface area contributed by atoms with Crippen LogP contribution in [0.3, 0.4) is 0 Å². The molecule has 0 saturated heterocycles. The number of rotatable bonds is 5. The van der Waals surface area contributed by atoms with Crippen molar-refractivity contribution in [2.24, 2.45) is 0 Å². The minimum absolute atomic E-state index is 0.0429. The maximum atomic E-state index is 13.5. The van der Waals surface area contributed by atoms with Gasteiger partial charge in [0.15, 0.2) is 0 Å². The average molecular weight is 285 g/mol. The molecule has 2 nitrogen and oxygen atoms in total. The van der Waals surface area contributed by atoms with Crippen LogP contribution in [0.25, 0.3) is 0 Å². The van der Waals surface area contributed by atoms with Crippen LogP contribution in [0.4, 0.5) is 4.39 Å². The van der Waals surface area contributed by atoms with Crippen LogP contribution in [0, 0.1) is 12.7 Å². The number of amides is 1. The summed E-state index contributed by atoms with van der Waals surface area (Å²) in [6.07, 6.45) is 0.705. The van der Waals surface area contributed by atoms with Crippen molar-refractivity contribution in [2.75, 3.05) is 0 Å². The Morgan fingerprint density at radius 3 is 2.48 bits per heavy atom. The number of benzene rings is 2. The summed E-state index contributed by atoms with van der Waals surface area (Å²) in [5.41, 5.74) is 2.84. The first-order chi connectivity index (χ1) is 10.1. The van der Waals surface area contributed by atoms with Crippen molar-refractivity contribution in [1.82, 2.24) is 5.32 Å². The molecule has 0 heterocycles. The molecule has 1 amide bonds. The third-order valence-electron chi connectivity index (χ3n) is 3.53. The van der Waals surface area contributed by atoms with E-state index in [9.17, 15) is 9.18 Å². The molecule has 0 radical (unpaired) electrons. The van der Waals surface area contributed by atoms with Gasteiger partial charge in [0.2, 0.25) is 5.91 Å². The van der Waals surface area contributed by atoms with E-state index in [-0.39, 0.29) is 24.2 Å². The Labute approximate surface area is 125 Å². The second-order valence-electron chi connectivity index (χ2n) is 5.29. The number of carbonyl (C=O) groups excluding carboxylic acids is 1. The molecule has 110 valence electrons. The number of carbonyl (C=O) groups is 1. The maximum Gasteiger partial charge on any atom is 0.220 e. The van der Waals surface area contributed by atoms with Crippen molar-refractivity contribution < 1.29 is 9.18 Å². The third kappa shape index (κ3) is 4.42. The van der Waals surface area contributed by atoms with Crippen molar-refractivity contribution in [2.45, 2.75) is 32.7 Å². The van der Waals surface area contributed by atoms with Gasteiger partial charge < -0.3 is 5.32 Å². The van der Waals surface area contributed by atoms with Crippen molar-refractivity contribution in [3.8, 4) is 0 Å². The predicted molar refractivity (Wildman–Crippen MR) is 82.5 cm³/mol. The van der Waals surface area contributed by atoms with Crippen LogP contribution in [0.1, 0.15) is 36.1 Å². The zero-order valence-electron chi connectivity index (χ0n) is 12.4. The zero-order chi connectivity index (χ0) is 15.2. The van der Waals surface area contributed by atoms with Gasteiger partial charge in [0.25, 0.3) is 0 Å². The molecular formula is C18H20FNO. The molecule has 21 heavy (non-hydrogen) atoms. The van der Waals surface area contributed by atoms with Crippen LogP contribution in [-0.4, -0.2) is 5.91 Å². The molecule has 0 unspecified atom stereocenters. The molecule has 2 aromatic carbocycles. The number of hydrogen-bond donors (Lipinski definition) is 1. The highest BCUT2D eigenvalue weighted by Gasteiger charge is 2.10. The summed E-state index contributed by atoms with van der Waals surface area (Å²) in [5, 5.41) is 2.94. The highest BCUT2D eigenvalue weighted by Crippen LogP contribution is 2.14. The number of aryl methyl sites for hydroxylation is 2. The van der Waals surface area contributed by atoms with Gasteiger partial charge in [0.05, 0.1) is 6.04 Å². The number of hydrogen-bond acceptors (Lipinski definition) is 1. The first-order valence-corrected chi connectivity index (χ1v) is 7.15. The Morgan fingerprint density at radius 2 is 1.81 bits per heavy atom. The highest BCUT2D eigenvalue weighted by atomic mass is 19.1. The lowest BCUT2D eigenvalue weighted by Crippen LogP contribution is -2.26. The Hall–Kier alpha value is -2.16. The van der Waals surface area contributed by atoms with Crippen LogP contribution in [0.5, 0.6) is 0 Å². The fourth-order valence-electron chi connectivity index (χ4n) is 2.20. The molecule has 0 bridgehead atoms. The molecule has 0 aliphatic rings. The van der Waals surface area contributed by atoms with Crippen molar-refractivity contribution >= 4 is 5.91 Å². The van der Waals surface area contributed by atoms with Gasteiger partial charge in [-0.2, -0.15) is 0 Å². The Balaban J connectivity index is 1.87. The standard InChI is InChI=1S/C18H20FNO/c1-13-7-9-15(10-8-13)14(2)20-18(21)12-11-16-5-3-4-6-17(16)19/h3-10,14H,11-12H2,1-2H3,(H,20,21)/t14-/m0/s1. The topological polar surface area (TPSA) is 29.1 Å². The largest absolute Gasteiger partial charge is 0.350 e. The van der Waals surface area contributed by atoms with E-state index in [4.69, 9.17) is 0 Å². The van der Waals surface area contributed by atoms with Crippen LogP contribution >= 0.6 is 0 Å². The molecule has 3 heteroatoms. The van der Waals surface area contributed by atoms with E-state index in [1.54, 1.807) is 18.2 Å². The Morgan fingerprint density at radius 1 is 1.14 bits per heavy atom. The maximum absolute atomic E-state index is 13.5. The van der Waals surface area contributed by atoms with E-state index < -0.39 is 0 Å². The summed E-state index contributed by atoms with van der Waals surface area (Å²) in [6.45, 7) is 3.98. The van der Waals surface area contributed by atoms with Gasteiger partial charge in [-0.15, -0.1) is 0 Å². The quantitative estimate of drug-likeness (QED) is 0.885. The van der Waals surface area contributed by atoms with Gasteiger partial charge >= 0.3 is 0 Å². The van der Waals surface area contributed by atoms with Crippen molar-refractivity contribution in [3.05, 3.63) is 71.0 Å².